The van der Waals surface area contributed by atoms with Gasteiger partial charge in [-0.1, -0.05) is 84.9 Å². The van der Waals surface area contributed by atoms with Gasteiger partial charge in [0.15, 0.2) is 0 Å². The Morgan fingerprint density at radius 2 is 0.769 bits per heavy atom. The number of benzene rings is 8. The second-order valence-electron chi connectivity index (χ2n) is 14.3. The number of nitrogens with zero attached hydrogens (tertiary/aromatic N) is 4. The number of aromatic nitrogens is 4. The van der Waals surface area contributed by atoms with Crippen LogP contribution in [-0.2, 0) is 0 Å². The van der Waals surface area contributed by atoms with Crippen LogP contribution >= 0.6 is 0 Å². The van der Waals surface area contributed by atoms with Gasteiger partial charge in [-0.25, -0.2) is 0 Å². The average molecular weight is 663 g/mol. The van der Waals surface area contributed by atoms with E-state index in [2.05, 4.69) is 169 Å². The third kappa shape index (κ3) is 3.65. The molecule has 8 aromatic carbocycles. The predicted octanol–water partition coefficient (Wildman–Crippen LogP) is 12.5. The Hall–Kier alpha value is -6.78. The van der Waals surface area contributed by atoms with E-state index in [4.69, 9.17) is 9.97 Å². The van der Waals surface area contributed by atoms with Crippen LogP contribution < -0.4 is 0 Å². The van der Waals surface area contributed by atoms with Crippen LogP contribution in [0.25, 0.3) is 109 Å². The summed E-state index contributed by atoms with van der Waals surface area (Å²) in [6.07, 6.45) is 0. The number of rotatable bonds is 2. The largest absolute Gasteiger partial charge is 0.308 e. The summed E-state index contributed by atoms with van der Waals surface area (Å²) in [4.78, 5) is 10.4. The molecular formula is C48H30N4. The van der Waals surface area contributed by atoms with Gasteiger partial charge in [0.25, 0.3) is 0 Å². The van der Waals surface area contributed by atoms with E-state index >= 15 is 0 Å². The molecule has 4 nitrogen and oxygen atoms in total. The standard InChI is InChI=1S/C48H30N4/c1-27-11-21-39-47(49-27)45-37-19-15-34-26-42-46(48-40(22-12-28(2)50-48)52(42)36-18-14-30-8-4-6-10-32(30)24-36)38-20-16-33(43(37)44(34)38)25-41(45)51(39)35-17-13-29-7-3-5-9-31(29)23-35/h3-26H,1-2H3. The zero-order chi connectivity index (χ0) is 34.2. The molecule has 0 bridgehead atoms. The summed E-state index contributed by atoms with van der Waals surface area (Å²) in [6.45, 7) is 4.18. The van der Waals surface area contributed by atoms with Gasteiger partial charge in [-0.05, 0) is 128 Å². The molecule has 242 valence electrons. The highest BCUT2D eigenvalue weighted by Gasteiger charge is 2.23. The molecule has 0 saturated heterocycles. The highest BCUT2D eigenvalue weighted by molar-refractivity contribution is 6.37. The molecule has 4 heteroatoms. The van der Waals surface area contributed by atoms with E-state index in [1.807, 2.05) is 0 Å². The van der Waals surface area contributed by atoms with E-state index < -0.39 is 0 Å². The molecule has 0 fully saturated rings. The number of pyridine rings is 2. The summed E-state index contributed by atoms with van der Waals surface area (Å²) in [7, 11) is 0. The van der Waals surface area contributed by atoms with Gasteiger partial charge in [0.05, 0.1) is 33.1 Å². The van der Waals surface area contributed by atoms with Crippen LogP contribution in [0.5, 0.6) is 0 Å². The van der Waals surface area contributed by atoms with E-state index in [1.54, 1.807) is 0 Å². The Labute approximate surface area is 298 Å². The quantitative estimate of drug-likeness (QED) is 0.173. The Morgan fingerprint density at radius 1 is 0.346 bits per heavy atom. The van der Waals surface area contributed by atoms with Crippen LogP contribution in [0.15, 0.2) is 146 Å². The minimum Gasteiger partial charge on any atom is -0.308 e. The van der Waals surface area contributed by atoms with Crippen molar-refractivity contribution in [3.63, 3.8) is 0 Å². The molecule has 0 saturated carbocycles. The lowest BCUT2D eigenvalue weighted by Crippen LogP contribution is -1.95. The maximum absolute atomic E-state index is 5.22. The lowest BCUT2D eigenvalue weighted by atomic mass is 9.90. The van der Waals surface area contributed by atoms with E-state index in [-0.39, 0.29) is 0 Å². The highest BCUT2D eigenvalue weighted by atomic mass is 15.0. The second kappa shape index (κ2) is 9.93. The second-order valence-corrected chi connectivity index (χ2v) is 14.3. The molecule has 12 rings (SSSR count). The summed E-state index contributed by atoms with van der Waals surface area (Å²) >= 11 is 0. The summed E-state index contributed by atoms with van der Waals surface area (Å²) in [5.74, 6) is 0. The number of fused-ring (bicyclic) bond motifs is 10. The van der Waals surface area contributed by atoms with Gasteiger partial charge >= 0.3 is 0 Å². The Kier molecular flexibility index (Phi) is 5.34. The van der Waals surface area contributed by atoms with Gasteiger partial charge in [0, 0.05) is 33.5 Å². The molecule has 12 aromatic rings. The molecule has 0 aliphatic heterocycles. The van der Waals surface area contributed by atoms with Crippen LogP contribution in [-0.4, -0.2) is 19.1 Å². The molecule has 0 N–H and O–H groups in total. The fraction of sp³-hybridized carbons (Fsp3) is 0.0417. The first-order valence-electron chi connectivity index (χ1n) is 17.9. The Morgan fingerprint density at radius 3 is 1.23 bits per heavy atom. The van der Waals surface area contributed by atoms with Crippen molar-refractivity contribution in [2.24, 2.45) is 0 Å². The minimum absolute atomic E-state index is 1.01. The van der Waals surface area contributed by atoms with Gasteiger partial charge in [-0.15, -0.1) is 0 Å². The molecule has 52 heavy (non-hydrogen) atoms. The van der Waals surface area contributed by atoms with Gasteiger partial charge in [-0.2, -0.15) is 0 Å². The number of hydrogen-bond donors (Lipinski definition) is 0. The molecule has 4 heterocycles. The van der Waals surface area contributed by atoms with Crippen molar-refractivity contribution in [3.05, 3.63) is 157 Å². The summed E-state index contributed by atoms with van der Waals surface area (Å²) in [5.41, 5.74) is 11.0. The first-order valence-corrected chi connectivity index (χ1v) is 17.9. The van der Waals surface area contributed by atoms with Crippen LogP contribution in [0.3, 0.4) is 0 Å². The number of hydrogen-bond acceptors (Lipinski definition) is 2. The van der Waals surface area contributed by atoms with Crippen molar-refractivity contribution in [1.29, 1.82) is 0 Å². The van der Waals surface area contributed by atoms with Gasteiger partial charge < -0.3 is 9.13 Å². The van der Waals surface area contributed by atoms with Gasteiger partial charge in [0.1, 0.15) is 0 Å². The number of aryl methyl sites for hydroxylation is 2. The minimum atomic E-state index is 1.01. The van der Waals surface area contributed by atoms with E-state index in [9.17, 15) is 0 Å². The SMILES string of the molecule is Cc1ccc2c(n1)c1c3ccc4cc5c(c6ccc(cc1n2-c1ccc2ccccc2c1)c3c46)c1nc(C)ccc1n5-c1ccc2ccccc2c1. The molecule has 4 aromatic heterocycles. The molecule has 0 unspecified atom stereocenters. The third-order valence-electron chi connectivity index (χ3n) is 11.3. The van der Waals surface area contributed by atoms with E-state index in [0.717, 1.165) is 44.8 Å². The highest BCUT2D eigenvalue weighted by Crippen LogP contribution is 2.46. The molecule has 0 amide bonds. The molecule has 0 aliphatic rings. The monoisotopic (exact) mass is 662 g/mol. The average Bonchev–Trinajstić information content (AvgIpc) is 3.67. The Bertz CT molecular complexity index is 3260. The van der Waals surface area contributed by atoms with E-state index in [0.29, 0.717) is 0 Å². The van der Waals surface area contributed by atoms with Crippen molar-refractivity contribution in [2.75, 3.05) is 0 Å². The smallest absolute Gasteiger partial charge is 0.0972 e. The summed E-state index contributed by atoms with van der Waals surface area (Å²) in [5, 5.41) is 14.8. The van der Waals surface area contributed by atoms with Crippen molar-refractivity contribution in [3.8, 4) is 11.4 Å². The topological polar surface area (TPSA) is 35.6 Å². The molecular weight excluding hydrogens is 633 g/mol. The Balaban J connectivity index is 1.22. The lowest BCUT2D eigenvalue weighted by Gasteiger charge is -2.15. The van der Waals surface area contributed by atoms with Crippen molar-refractivity contribution in [1.82, 2.24) is 19.1 Å². The van der Waals surface area contributed by atoms with Crippen molar-refractivity contribution in [2.45, 2.75) is 13.8 Å². The maximum atomic E-state index is 5.22. The zero-order valence-electron chi connectivity index (χ0n) is 28.6. The van der Waals surface area contributed by atoms with Crippen LogP contribution in [0, 0.1) is 13.8 Å². The van der Waals surface area contributed by atoms with Crippen LogP contribution in [0.1, 0.15) is 11.4 Å². The van der Waals surface area contributed by atoms with Crippen LogP contribution in [0.4, 0.5) is 0 Å². The fourth-order valence-corrected chi connectivity index (χ4v) is 9.05. The maximum Gasteiger partial charge on any atom is 0.0972 e. The predicted molar refractivity (Wildman–Crippen MR) is 219 cm³/mol. The molecule has 0 spiro atoms. The first kappa shape index (κ1) is 28.0. The molecule has 0 aliphatic carbocycles. The summed E-state index contributed by atoms with van der Waals surface area (Å²) in [6, 6.07) is 53.5. The zero-order valence-corrected chi connectivity index (χ0v) is 28.6. The van der Waals surface area contributed by atoms with Gasteiger partial charge in [0.2, 0.25) is 0 Å². The lowest BCUT2D eigenvalue weighted by molar-refractivity contribution is 1.17. The van der Waals surface area contributed by atoms with Crippen molar-refractivity contribution < 1.29 is 0 Å². The van der Waals surface area contributed by atoms with Crippen LogP contribution in [0.2, 0.25) is 0 Å². The summed E-state index contributed by atoms with van der Waals surface area (Å²) < 4.78 is 4.81. The van der Waals surface area contributed by atoms with E-state index in [1.165, 1.54) is 75.7 Å². The molecule has 0 radical (unpaired) electrons. The fourth-order valence-electron chi connectivity index (χ4n) is 9.05. The molecule has 0 atom stereocenters. The van der Waals surface area contributed by atoms with Crippen molar-refractivity contribution >= 4 is 97.7 Å². The first-order chi connectivity index (χ1) is 25.6. The normalized spacial score (nSPS) is 12.4. The third-order valence-corrected chi connectivity index (χ3v) is 11.3. The van der Waals surface area contributed by atoms with Gasteiger partial charge in [-0.3, -0.25) is 9.97 Å².